The first-order chi connectivity index (χ1) is 12.3. The highest BCUT2D eigenvalue weighted by molar-refractivity contribution is 5.94. The van der Waals surface area contributed by atoms with Crippen molar-refractivity contribution in [1.29, 1.82) is 0 Å². The summed E-state index contributed by atoms with van der Waals surface area (Å²) in [5.74, 6) is 1.57. The molecule has 5 nitrogen and oxygen atoms in total. The zero-order valence-electron chi connectivity index (χ0n) is 13.7. The van der Waals surface area contributed by atoms with Crippen LogP contribution in [-0.4, -0.2) is 22.7 Å². The van der Waals surface area contributed by atoms with Crippen LogP contribution in [0.3, 0.4) is 0 Å². The number of benzene rings is 2. The maximum atomic E-state index is 11.9. The second-order valence-electron chi connectivity index (χ2n) is 6.16. The van der Waals surface area contributed by atoms with Crippen molar-refractivity contribution in [3.8, 4) is 5.75 Å². The summed E-state index contributed by atoms with van der Waals surface area (Å²) in [6, 6.07) is 18.3. The van der Waals surface area contributed by atoms with Gasteiger partial charge in [0.05, 0.1) is 12.8 Å². The van der Waals surface area contributed by atoms with Crippen LogP contribution in [0.4, 0.5) is 5.82 Å². The fourth-order valence-corrected chi connectivity index (χ4v) is 3.17. The van der Waals surface area contributed by atoms with Crippen molar-refractivity contribution in [3.63, 3.8) is 0 Å². The molecule has 0 saturated heterocycles. The number of aromatic nitrogens is 2. The molecule has 1 amide bonds. The molecule has 1 aromatic heterocycles. The van der Waals surface area contributed by atoms with Gasteiger partial charge in [-0.25, -0.2) is 0 Å². The molecule has 126 valence electrons. The van der Waals surface area contributed by atoms with E-state index < -0.39 is 0 Å². The summed E-state index contributed by atoms with van der Waals surface area (Å²) in [5.41, 5.74) is 3.38. The molecule has 0 fully saturated rings. The lowest BCUT2D eigenvalue weighted by atomic mass is 9.87. The molecule has 1 unspecified atom stereocenters. The van der Waals surface area contributed by atoms with Gasteiger partial charge in [0.15, 0.2) is 0 Å². The Kier molecular flexibility index (Phi) is 4.21. The van der Waals surface area contributed by atoms with Gasteiger partial charge in [0.2, 0.25) is 5.91 Å². The number of nitrogens with one attached hydrogen (secondary N) is 2. The predicted molar refractivity (Wildman–Crippen MR) is 95.8 cm³/mol. The van der Waals surface area contributed by atoms with Crippen molar-refractivity contribution >= 4 is 11.7 Å². The number of carbonyl (C=O) groups is 1. The van der Waals surface area contributed by atoms with E-state index in [2.05, 4.69) is 27.6 Å². The molecule has 25 heavy (non-hydrogen) atoms. The highest BCUT2D eigenvalue weighted by atomic mass is 16.5. The standard InChI is InChI=1S/C20H19N3O2/c24-19-12-17(18-13-21-23-20(18)22-19)15-6-8-16(9-7-15)25-11-10-14-4-2-1-3-5-14/h1-9,13,17H,10-12H2,(H2,21,22,23,24). The molecule has 0 saturated carbocycles. The number of amides is 1. The minimum absolute atomic E-state index is 0.00457. The lowest BCUT2D eigenvalue weighted by molar-refractivity contribution is -0.116. The van der Waals surface area contributed by atoms with Crippen molar-refractivity contribution in [3.05, 3.63) is 77.5 Å². The largest absolute Gasteiger partial charge is 0.493 e. The third kappa shape index (κ3) is 3.40. The van der Waals surface area contributed by atoms with Crippen LogP contribution in [-0.2, 0) is 11.2 Å². The summed E-state index contributed by atoms with van der Waals surface area (Å²) in [6.07, 6.45) is 3.09. The Morgan fingerprint density at radius 1 is 1.08 bits per heavy atom. The number of H-pyrrole nitrogens is 1. The smallest absolute Gasteiger partial charge is 0.226 e. The van der Waals surface area contributed by atoms with Crippen LogP contribution < -0.4 is 10.1 Å². The minimum Gasteiger partial charge on any atom is -0.493 e. The topological polar surface area (TPSA) is 67.0 Å². The van der Waals surface area contributed by atoms with Crippen LogP contribution in [0.15, 0.2) is 60.8 Å². The normalized spacial score (nSPS) is 16.2. The third-order valence-electron chi connectivity index (χ3n) is 4.48. The van der Waals surface area contributed by atoms with Crippen molar-refractivity contribution in [1.82, 2.24) is 10.2 Å². The molecule has 0 aliphatic carbocycles. The van der Waals surface area contributed by atoms with Gasteiger partial charge in [0.25, 0.3) is 0 Å². The minimum atomic E-state index is 0.00457. The average Bonchev–Trinajstić information content (AvgIpc) is 3.11. The Hall–Kier alpha value is -3.08. The van der Waals surface area contributed by atoms with Crippen molar-refractivity contribution in [2.75, 3.05) is 11.9 Å². The van der Waals surface area contributed by atoms with Gasteiger partial charge < -0.3 is 10.1 Å². The van der Waals surface area contributed by atoms with Crippen molar-refractivity contribution in [2.24, 2.45) is 0 Å². The zero-order valence-corrected chi connectivity index (χ0v) is 13.7. The maximum Gasteiger partial charge on any atom is 0.226 e. The Balaban J connectivity index is 1.42. The number of hydrogen-bond donors (Lipinski definition) is 2. The van der Waals surface area contributed by atoms with Crippen molar-refractivity contribution in [2.45, 2.75) is 18.8 Å². The number of fused-ring (bicyclic) bond motifs is 1. The molecular weight excluding hydrogens is 314 g/mol. The lowest BCUT2D eigenvalue weighted by Gasteiger charge is -2.22. The van der Waals surface area contributed by atoms with E-state index >= 15 is 0 Å². The van der Waals surface area contributed by atoms with Gasteiger partial charge in [-0.15, -0.1) is 0 Å². The summed E-state index contributed by atoms with van der Waals surface area (Å²) in [5, 5.41) is 9.69. The first-order valence-electron chi connectivity index (χ1n) is 8.39. The van der Waals surface area contributed by atoms with Crippen LogP contribution in [0, 0.1) is 0 Å². The lowest BCUT2D eigenvalue weighted by Crippen LogP contribution is -2.22. The van der Waals surface area contributed by atoms with Crippen molar-refractivity contribution < 1.29 is 9.53 Å². The van der Waals surface area contributed by atoms with Gasteiger partial charge in [-0.2, -0.15) is 5.10 Å². The van der Waals surface area contributed by atoms with Crippen LogP contribution >= 0.6 is 0 Å². The number of hydrogen-bond acceptors (Lipinski definition) is 3. The number of anilines is 1. The number of ether oxygens (including phenoxy) is 1. The molecule has 1 aliphatic rings. The number of nitrogens with zero attached hydrogens (tertiary/aromatic N) is 1. The molecule has 2 N–H and O–H groups in total. The van der Waals surface area contributed by atoms with Gasteiger partial charge in [0, 0.05) is 24.3 Å². The van der Waals surface area contributed by atoms with Gasteiger partial charge >= 0.3 is 0 Å². The molecule has 1 atom stereocenters. The highest BCUT2D eigenvalue weighted by Gasteiger charge is 2.27. The summed E-state index contributed by atoms with van der Waals surface area (Å²) < 4.78 is 5.83. The Labute approximate surface area is 146 Å². The first-order valence-corrected chi connectivity index (χ1v) is 8.39. The molecule has 3 aromatic rings. The summed E-state index contributed by atoms with van der Waals surface area (Å²) >= 11 is 0. The molecule has 5 heteroatoms. The fraction of sp³-hybridized carbons (Fsp3) is 0.200. The number of aromatic amines is 1. The summed E-state index contributed by atoms with van der Waals surface area (Å²) in [6.45, 7) is 0.640. The fourth-order valence-electron chi connectivity index (χ4n) is 3.17. The highest BCUT2D eigenvalue weighted by Crippen LogP contribution is 2.36. The average molecular weight is 333 g/mol. The van der Waals surface area contributed by atoms with E-state index in [1.54, 1.807) is 6.20 Å². The molecule has 0 bridgehead atoms. The molecular formula is C20H19N3O2. The van der Waals surface area contributed by atoms with Crippen LogP contribution in [0.25, 0.3) is 0 Å². The first kappa shape index (κ1) is 15.4. The van der Waals surface area contributed by atoms with E-state index in [4.69, 9.17) is 4.74 Å². The van der Waals surface area contributed by atoms with E-state index in [-0.39, 0.29) is 11.8 Å². The van der Waals surface area contributed by atoms with Crippen LogP contribution in [0.5, 0.6) is 5.75 Å². The second-order valence-corrected chi connectivity index (χ2v) is 6.16. The van der Waals surface area contributed by atoms with Gasteiger partial charge in [0.1, 0.15) is 11.6 Å². The van der Waals surface area contributed by atoms with E-state index in [1.807, 2.05) is 42.5 Å². The molecule has 1 aliphatic heterocycles. The van der Waals surface area contributed by atoms with Gasteiger partial charge in [-0.3, -0.25) is 9.89 Å². The molecule has 0 radical (unpaired) electrons. The molecule has 0 spiro atoms. The van der Waals surface area contributed by atoms with E-state index in [0.29, 0.717) is 18.8 Å². The SMILES string of the molecule is O=C1CC(c2ccc(OCCc3ccccc3)cc2)c2cn[nH]c2N1. The van der Waals surface area contributed by atoms with E-state index in [9.17, 15) is 4.79 Å². The van der Waals surface area contributed by atoms with Crippen LogP contribution in [0.1, 0.15) is 29.0 Å². The maximum absolute atomic E-state index is 11.9. The van der Waals surface area contributed by atoms with Crippen LogP contribution in [0.2, 0.25) is 0 Å². The predicted octanol–water partition coefficient (Wildman–Crippen LogP) is 3.51. The van der Waals surface area contributed by atoms with Gasteiger partial charge in [-0.1, -0.05) is 42.5 Å². The Bertz CT molecular complexity index is 856. The second kappa shape index (κ2) is 6.81. The third-order valence-corrected chi connectivity index (χ3v) is 4.48. The molecule has 4 rings (SSSR count). The quantitative estimate of drug-likeness (QED) is 0.751. The Morgan fingerprint density at radius 2 is 1.88 bits per heavy atom. The number of carbonyl (C=O) groups excluding carboxylic acids is 1. The Morgan fingerprint density at radius 3 is 2.68 bits per heavy atom. The zero-order chi connectivity index (χ0) is 17.1. The summed E-state index contributed by atoms with van der Waals surface area (Å²) in [4.78, 5) is 11.9. The molecule has 2 aromatic carbocycles. The van der Waals surface area contributed by atoms with Gasteiger partial charge in [-0.05, 0) is 23.3 Å². The molecule has 2 heterocycles. The summed E-state index contributed by atoms with van der Waals surface area (Å²) in [7, 11) is 0. The van der Waals surface area contributed by atoms with E-state index in [1.165, 1.54) is 5.56 Å². The van der Waals surface area contributed by atoms with E-state index in [0.717, 1.165) is 23.3 Å². The number of rotatable bonds is 5. The monoisotopic (exact) mass is 333 g/mol.